The fraction of sp³-hybridized carbons (Fsp3) is 0.333. The lowest BCUT2D eigenvalue weighted by Crippen LogP contribution is -2.43. The van der Waals surface area contributed by atoms with Crippen LogP contribution in [0.3, 0.4) is 0 Å². The van der Waals surface area contributed by atoms with Crippen LogP contribution in [0.15, 0.2) is 27.6 Å². The Morgan fingerprint density at radius 1 is 1.16 bits per heavy atom. The Hall–Kier alpha value is -3.92. The number of amides is 2. The van der Waals surface area contributed by atoms with Crippen LogP contribution >= 0.6 is 0 Å². The van der Waals surface area contributed by atoms with Gasteiger partial charge < -0.3 is 23.9 Å². The highest BCUT2D eigenvalue weighted by Gasteiger charge is 2.43. The number of fused-ring (bicyclic) bond motifs is 2. The molecule has 0 saturated carbocycles. The van der Waals surface area contributed by atoms with Gasteiger partial charge >= 0.3 is 11.8 Å². The van der Waals surface area contributed by atoms with Crippen molar-refractivity contribution in [2.75, 3.05) is 25.0 Å². The molecule has 16 heteroatoms. The standard InChI is InChI=1S/C21H19F3N6O6S/c1-9-26-27-20(36-9)21(32)30-5-10-8-35-18-15(37(33,34)28-14(10)6-30)7-29(2)17(18)19(31)25-11-3-12(22)16(24)13(23)4-11/h3-4,7,10,14,28H,5-6,8H2,1-2H3,(H,25,31)/t10-,14-/m0/s1. The molecular formula is C21H19F3N6O6S. The van der Waals surface area contributed by atoms with Crippen molar-refractivity contribution in [1.29, 1.82) is 0 Å². The normalized spacial score (nSPS) is 20.4. The fourth-order valence-electron chi connectivity index (χ4n) is 4.30. The number of hydrogen-bond donors (Lipinski definition) is 2. The van der Waals surface area contributed by atoms with Crippen molar-refractivity contribution in [1.82, 2.24) is 24.4 Å². The minimum absolute atomic E-state index is 0.0186. The van der Waals surface area contributed by atoms with Crippen LogP contribution in [-0.4, -0.2) is 65.6 Å². The number of hydrogen-bond acceptors (Lipinski definition) is 8. The van der Waals surface area contributed by atoms with Crippen LogP contribution in [0, 0.1) is 30.3 Å². The number of aryl methyl sites for hydroxylation is 2. The summed E-state index contributed by atoms with van der Waals surface area (Å²) in [5, 5.41) is 9.53. The van der Waals surface area contributed by atoms with Gasteiger partial charge in [0.25, 0.3) is 5.91 Å². The quantitative estimate of drug-likeness (QED) is 0.471. The molecule has 196 valence electrons. The second-order valence-electron chi connectivity index (χ2n) is 8.63. The van der Waals surface area contributed by atoms with E-state index in [0.29, 0.717) is 12.1 Å². The van der Waals surface area contributed by atoms with E-state index in [4.69, 9.17) is 9.15 Å². The largest absolute Gasteiger partial charge is 0.489 e. The Labute approximate surface area is 207 Å². The maximum Gasteiger partial charge on any atom is 0.311 e. The number of carbonyl (C=O) groups excluding carboxylic acids is 2. The first-order valence-corrected chi connectivity index (χ1v) is 12.3. The molecule has 1 saturated heterocycles. The smallest absolute Gasteiger partial charge is 0.311 e. The van der Waals surface area contributed by atoms with Crippen LogP contribution < -0.4 is 14.8 Å². The molecule has 0 bridgehead atoms. The maximum absolute atomic E-state index is 13.6. The van der Waals surface area contributed by atoms with Gasteiger partial charge in [-0.1, -0.05) is 0 Å². The van der Waals surface area contributed by atoms with Gasteiger partial charge in [-0.25, -0.2) is 26.3 Å². The highest BCUT2D eigenvalue weighted by atomic mass is 32.2. The molecule has 3 aromatic rings. The van der Waals surface area contributed by atoms with Crippen LogP contribution in [0.2, 0.25) is 0 Å². The second kappa shape index (κ2) is 8.88. The van der Waals surface area contributed by atoms with E-state index in [-0.39, 0.29) is 53.5 Å². The molecule has 0 unspecified atom stereocenters. The third-order valence-electron chi connectivity index (χ3n) is 6.03. The van der Waals surface area contributed by atoms with Crippen molar-refractivity contribution in [3.8, 4) is 5.75 Å². The van der Waals surface area contributed by atoms with Crippen molar-refractivity contribution in [3.05, 3.63) is 53.3 Å². The van der Waals surface area contributed by atoms with E-state index in [1.165, 1.54) is 23.4 Å². The topological polar surface area (TPSA) is 149 Å². The molecule has 2 aliphatic heterocycles. The molecule has 1 aromatic carbocycles. The van der Waals surface area contributed by atoms with Crippen LogP contribution in [-0.2, 0) is 17.1 Å². The summed E-state index contributed by atoms with van der Waals surface area (Å²) in [6, 6.07) is 0.470. The third-order valence-corrected chi connectivity index (χ3v) is 7.52. The summed E-state index contributed by atoms with van der Waals surface area (Å²) in [4.78, 5) is 26.7. The molecule has 2 N–H and O–H groups in total. The molecular weight excluding hydrogens is 521 g/mol. The lowest BCUT2D eigenvalue weighted by molar-refractivity contribution is 0.0741. The van der Waals surface area contributed by atoms with E-state index in [2.05, 4.69) is 20.2 Å². The summed E-state index contributed by atoms with van der Waals surface area (Å²) in [6.07, 6.45) is 1.15. The number of sulfonamides is 1. The summed E-state index contributed by atoms with van der Waals surface area (Å²) >= 11 is 0. The third kappa shape index (κ3) is 4.42. The van der Waals surface area contributed by atoms with E-state index < -0.39 is 51.2 Å². The molecule has 2 aromatic heterocycles. The van der Waals surface area contributed by atoms with Gasteiger partial charge in [-0.3, -0.25) is 9.59 Å². The van der Waals surface area contributed by atoms with Crippen molar-refractivity contribution >= 4 is 27.5 Å². The lowest BCUT2D eigenvalue weighted by Gasteiger charge is -2.23. The number of anilines is 1. The number of nitrogens with zero attached hydrogens (tertiary/aromatic N) is 4. The predicted octanol–water partition coefficient (Wildman–Crippen LogP) is 1.20. The zero-order valence-electron chi connectivity index (χ0n) is 19.3. The minimum Gasteiger partial charge on any atom is -0.489 e. The number of halogens is 3. The molecule has 2 atom stereocenters. The van der Waals surface area contributed by atoms with Crippen LogP contribution in [0.5, 0.6) is 5.75 Å². The van der Waals surface area contributed by atoms with Crippen molar-refractivity contribution in [2.45, 2.75) is 17.9 Å². The molecule has 4 heterocycles. The SMILES string of the molecule is Cc1nnc(C(=O)N2C[C@H]3COc4c(cn(C)c4C(=O)Nc4cc(F)c(F)c(F)c4)S(=O)(=O)N[C@H]3C2)o1. The van der Waals surface area contributed by atoms with Gasteiger partial charge in [-0.05, 0) is 0 Å². The second-order valence-corrected chi connectivity index (χ2v) is 10.3. The van der Waals surface area contributed by atoms with Gasteiger partial charge in [-0.2, -0.15) is 0 Å². The zero-order chi connectivity index (χ0) is 26.6. The average Bonchev–Trinajstić information content (AvgIpc) is 3.51. The van der Waals surface area contributed by atoms with Gasteiger partial charge in [0.2, 0.25) is 15.9 Å². The number of aromatic nitrogens is 3. The molecule has 12 nitrogen and oxygen atoms in total. The van der Waals surface area contributed by atoms with E-state index >= 15 is 0 Å². The van der Waals surface area contributed by atoms with Gasteiger partial charge in [-0.15, -0.1) is 10.2 Å². The Morgan fingerprint density at radius 2 is 1.86 bits per heavy atom. The number of nitrogens with one attached hydrogen (secondary N) is 2. The Bertz CT molecular complexity index is 1510. The Balaban J connectivity index is 1.41. The molecule has 2 aliphatic rings. The minimum atomic E-state index is -4.23. The van der Waals surface area contributed by atoms with Gasteiger partial charge in [0, 0.05) is 63.0 Å². The van der Waals surface area contributed by atoms with Crippen LogP contribution in [0.4, 0.5) is 18.9 Å². The fourth-order valence-corrected chi connectivity index (χ4v) is 5.79. The molecule has 1 fully saturated rings. The first-order chi connectivity index (χ1) is 17.4. The van der Waals surface area contributed by atoms with Crippen molar-refractivity contribution in [3.63, 3.8) is 0 Å². The maximum atomic E-state index is 13.6. The first kappa shape index (κ1) is 24.8. The van der Waals surface area contributed by atoms with Gasteiger partial charge in [0.15, 0.2) is 28.9 Å². The summed E-state index contributed by atoms with van der Waals surface area (Å²) in [6.45, 7) is 1.57. The van der Waals surface area contributed by atoms with Crippen LogP contribution in [0.1, 0.15) is 27.1 Å². The number of carbonyl (C=O) groups is 2. The number of benzene rings is 1. The summed E-state index contributed by atoms with van der Waals surface area (Å²) in [5.41, 5.74) is -0.638. The van der Waals surface area contributed by atoms with E-state index in [9.17, 15) is 31.2 Å². The number of rotatable bonds is 3. The molecule has 2 amide bonds. The van der Waals surface area contributed by atoms with Crippen molar-refractivity contribution in [2.24, 2.45) is 13.0 Å². The summed E-state index contributed by atoms with van der Waals surface area (Å²) in [5.74, 6) is -7.04. The lowest BCUT2D eigenvalue weighted by atomic mass is 10.1. The van der Waals surface area contributed by atoms with Crippen molar-refractivity contribution < 1.29 is 40.3 Å². The monoisotopic (exact) mass is 540 g/mol. The summed E-state index contributed by atoms with van der Waals surface area (Å²) in [7, 11) is -2.84. The predicted molar refractivity (Wildman–Crippen MR) is 118 cm³/mol. The molecule has 37 heavy (non-hydrogen) atoms. The molecule has 0 aliphatic carbocycles. The molecule has 0 spiro atoms. The first-order valence-electron chi connectivity index (χ1n) is 10.8. The number of likely N-dealkylation sites (tertiary alicyclic amines) is 1. The van der Waals surface area contributed by atoms with Gasteiger partial charge in [0.1, 0.15) is 4.90 Å². The highest BCUT2D eigenvalue weighted by Crippen LogP contribution is 2.35. The Kier molecular flexibility index (Phi) is 5.94. The average molecular weight is 540 g/mol. The van der Waals surface area contributed by atoms with E-state index in [0.717, 1.165) is 6.20 Å². The highest BCUT2D eigenvalue weighted by molar-refractivity contribution is 7.89. The zero-order valence-corrected chi connectivity index (χ0v) is 20.1. The Morgan fingerprint density at radius 3 is 2.51 bits per heavy atom. The molecule has 0 radical (unpaired) electrons. The number of ether oxygens (including phenoxy) is 1. The van der Waals surface area contributed by atoms with E-state index in [1.54, 1.807) is 0 Å². The molecule has 5 rings (SSSR count). The summed E-state index contributed by atoms with van der Waals surface area (Å²) < 4.78 is 81.5. The van der Waals surface area contributed by atoms with Crippen LogP contribution in [0.25, 0.3) is 0 Å². The van der Waals surface area contributed by atoms with Gasteiger partial charge in [0.05, 0.1) is 6.61 Å². The van der Waals surface area contributed by atoms with E-state index in [1.807, 2.05) is 0 Å².